The van der Waals surface area contributed by atoms with Crippen LogP contribution in [0, 0.1) is 0 Å². The van der Waals surface area contributed by atoms with Gasteiger partial charge in [0.2, 0.25) is 0 Å². The molecular weight excluding hydrogens is 275 g/mol. The average Bonchev–Trinajstić information content (AvgIpc) is 2.68. The van der Waals surface area contributed by atoms with Gasteiger partial charge >= 0.3 is 6.18 Å². The van der Waals surface area contributed by atoms with Crippen molar-refractivity contribution in [3.05, 3.63) is 21.9 Å². The summed E-state index contributed by atoms with van der Waals surface area (Å²) in [7, 11) is 0. The van der Waals surface area contributed by atoms with Gasteiger partial charge < -0.3 is 10.1 Å². The van der Waals surface area contributed by atoms with E-state index in [2.05, 4.69) is 26.1 Å². The number of thiophene rings is 1. The first-order valence-electron chi connectivity index (χ1n) is 6.09. The van der Waals surface area contributed by atoms with Crippen molar-refractivity contribution in [2.75, 3.05) is 0 Å². The molecule has 1 unspecified atom stereocenters. The van der Waals surface area contributed by atoms with E-state index in [1.54, 1.807) is 0 Å². The first-order chi connectivity index (χ1) is 8.58. The maximum atomic E-state index is 12.3. The standard InChI is InChI=1S/C13H20F3NOS/c1-9(13(14,15)16)18-8-11-6-5-10(19-11)7-17-12(2,3)4/h5-6,9,17H,7-8H2,1-4H3. The summed E-state index contributed by atoms with van der Waals surface area (Å²) < 4.78 is 41.6. The van der Waals surface area contributed by atoms with Gasteiger partial charge in [-0.25, -0.2) is 0 Å². The Morgan fingerprint density at radius 1 is 1.21 bits per heavy atom. The predicted octanol–water partition coefficient (Wildman–Crippen LogP) is 4.10. The minimum absolute atomic E-state index is 0.000854. The van der Waals surface area contributed by atoms with E-state index in [4.69, 9.17) is 4.74 Å². The van der Waals surface area contributed by atoms with Crippen molar-refractivity contribution in [1.82, 2.24) is 5.32 Å². The summed E-state index contributed by atoms with van der Waals surface area (Å²) in [5.74, 6) is 0. The number of nitrogens with one attached hydrogen (secondary N) is 1. The Bertz CT molecular complexity index is 395. The summed E-state index contributed by atoms with van der Waals surface area (Å²) >= 11 is 1.47. The molecule has 1 aromatic heterocycles. The van der Waals surface area contributed by atoms with Crippen LogP contribution in [-0.4, -0.2) is 17.8 Å². The molecule has 0 saturated heterocycles. The lowest BCUT2D eigenvalue weighted by atomic mass is 10.1. The third-order valence-corrected chi connectivity index (χ3v) is 3.51. The van der Waals surface area contributed by atoms with E-state index < -0.39 is 12.3 Å². The van der Waals surface area contributed by atoms with Crippen molar-refractivity contribution in [3.8, 4) is 0 Å². The Labute approximate surface area is 116 Å². The minimum Gasteiger partial charge on any atom is -0.364 e. The van der Waals surface area contributed by atoms with E-state index in [1.165, 1.54) is 11.3 Å². The van der Waals surface area contributed by atoms with Crippen LogP contribution < -0.4 is 5.32 Å². The van der Waals surface area contributed by atoms with Crippen molar-refractivity contribution < 1.29 is 17.9 Å². The number of hydrogen-bond donors (Lipinski definition) is 1. The van der Waals surface area contributed by atoms with Gasteiger partial charge in [0.15, 0.2) is 6.10 Å². The van der Waals surface area contributed by atoms with Gasteiger partial charge in [-0.15, -0.1) is 11.3 Å². The highest BCUT2D eigenvalue weighted by molar-refractivity contribution is 7.11. The Kier molecular flexibility index (Phi) is 5.41. The highest BCUT2D eigenvalue weighted by atomic mass is 32.1. The zero-order valence-electron chi connectivity index (χ0n) is 11.6. The molecule has 0 saturated carbocycles. The molecule has 0 aliphatic rings. The van der Waals surface area contributed by atoms with Crippen molar-refractivity contribution in [3.63, 3.8) is 0 Å². The lowest BCUT2D eigenvalue weighted by molar-refractivity contribution is -0.217. The third-order valence-electron chi connectivity index (χ3n) is 2.45. The van der Waals surface area contributed by atoms with Crippen molar-refractivity contribution in [1.29, 1.82) is 0 Å². The summed E-state index contributed by atoms with van der Waals surface area (Å²) in [4.78, 5) is 1.90. The molecule has 0 aliphatic heterocycles. The van der Waals surface area contributed by atoms with Crippen molar-refractivity contribution >= 4 is 11.3 Å². The summed E-state index contributed by atoms with van der Waals surface area (Å²) in [6.45, 7) is 7.93. The van der Waals surface area contributed by atoms with Gasteiger partial charge in [-0.1, -0.05) is 0 Å². The largest absolute Gasteiger partial charge is 0.414 e. The second-order valence-electron chi connectivity index (χ2n) is 5.47. The number of ether oxygens (including phenoxy) is 1. The molecule has 6 heteroatoms. The molecule has 0 fully saturated rings. The molecule has 0 aliphatic carbocycles. The van der Waals surface area contributed by atoms with Crippen molar-refractivity contribution in [2.45, 2.75) is 58.7 Å². The summed E-state index contributed by atoms with van der Waals surface area (Å²) in [6, 6.07) is 3.73. The first-order valence-corrected chi connectivity index (χ1v) is 6.90. The molecule has 0 spiro atoms. The van der Waals surface area contributed by atoms with Crippen LogP contribution in [0.2, 0.25) is 0 Å². The average molecular weight is 295 g/mol. The third kappa shape index (κ3) is 6.40. The fourth-order valence-electron chi connectivity index (χ4n) is 1.25. The lowest BCUT2D eigenvalue weighted by Gasteiger charge is -2.19. The number of rotatable bonds is 5. The summed E-state index contributed by atoms with van der Waals surface area (Å²) in [5.41, 5.74) is 0.0193. The van der Waals surface area contributed by atoms with E-state index in [9.17, 15) is 13.2 Å². The molecule has 1 aromatic rings. The van der Waals surface area contributed by atoms with E-state index >= 15 is 0 Å². The molecule has 1 heterocycles. The Balaban J connectivity index is 2.43. The van der Waals surface area contributed by atoms with Crippen LogP contribution in [0.1, 0.15) is 37.4 Å². The number of halogens is 3. The lowest BCUT2D eigenvalue weighted by Crippen LogP contribution is -2.34. The zero-order valence-corrected chi connectivity index (χ0v) is 12.4. The van der Waals surface area contributed by atoms with Crippen LogP contribution in [0.3, 0.4) is 0 Å². The second-order valence-corrected chi connectivity index (χ2v) is 6.72. The highest BCUT2D eigenvalue weighted by Crippen LogP contribution is 2.25. The van der Waals surface area contributed by atoms with E-state index in [0.717, 1.165) is 16.7 Å². The molecule has 110 valence electrons. The van der Waals surface area contributed by atoms with Gasteiger partial charge in [0, 0.05) is 21.8 Å². The molecule has 1 atom stereocenters. The molecule has 2 nitrogen and oxygen atoms in total. The molecular formula is C13H20F3NOS. The van der Waals surface area contributed by atoms with Crippen molar-refractivity contribution in [2.24, 2.45) is 0 Å². The fraction of sp³-hybridized carbons (Fsp3) is 0.692. The molecule has 0 bridgehead atoms. The Hall–Kier alpha value is -0.590. The maximum absolute atomic E-state index is 12.3. The van der Waals surface area contributed by atoms with Crippen LogP contribution >= 0.6 is 11.3 Å². The van der Waals surface area contributed by atoms with Gasteiger partial charge in [0.05, 0.1) is 6.61 Å². The SMILES string of the molecule is CC(OCc1ccc(CNC(C)(C)C)s1)C(F)(F)F. The summed E-state index contributed by atoms with van der Waals surface area (Å²) in [5, 5.41) is 3.33. The van der Waals surface area contributed by atoms with Crippen LogP contribution in [0.4, 0.5) is 13.2 Å². The quantitative estimate of drug-likeness (QED) is 0.883. The van der Waals surface area contributed by atoms with Gasteiger partial charge in [0.1, 0.15) is 0 Å². The van der Waals surface area contributed by atoms with Crippen LogP contribution in [0.25, 0.3) is 0 Å². The number of hydrogen-bond acceptors (Lipinski definition) is 3. The molecule has 0 aromatic carbocycles. The van der Waals surface area contributed by atoms with Gasteiger partial charge in [-0.05, 0) is 39.8 Å². The Morgan fingerprint density at radius 3 is 2.32 bits per heavy atom. The zero-order chi connectivity index (χ0) is 14.7. The molecule has 19 heavy (non-hydrogen) atoms. The molecule has 0 amide bonds. The molecule has 1 N–H and O–H groups in total. The van der Waals surface area contributed by atoms with Gasteiger partial charge in [0.25, 0.3) is 0 Å². The van der Waals surface area contributed by atoms with Crippen LogP contribution in [0.15, 0.2) is 12.1 Å². The monoisotopic (exact) mass is 295 g/mol. The van der Waals surface area contributed by atoms with E-state index in [0.29, 0.717) is 6.54 Å². The van der Waals surface area contributed by atoms with E-state index in [1.807, 2.05) is 12.1 Å². The van der Waals surface area contributed by atoms with E-state index in [-0.39, 0.29) is 12.1 Å². The Morgan fingerprint density at radius 2 is 1.79 bits per heavy atom. The van der Waals surface area contributed by atoms with Gasteiger partial charge in [-0.2, -0.15) is 13.2 Å². The second kappa shape index (κ2) is 6.24. The van der Waals surface area contributed by atoms with Crippen LogP contribution in [-0.2, 0) is 17.9 Å². The number of alkyl halides is 3. The summed E-state index contributed by atoms with van der Waals surface area (Å²) in [6.07, 6.45) is -6.03. The topological polar surface area (TPSA) is 21.3 Å². The van der Waals surface area contributed by atoms with Gasteiger partial charge in [-0.3, -0.25) is 0 Å². The van der Waals surface area contributed by atoms with Crippen LogP contribution in [0.5, 0.6) is 0 Å². The predicted molar refractivity (Wildman–Crippen MR) is 71.2 cm³/mol. The first kappa shape index (κ1) is 16.5. The minimum atomic E-state index is -4.30. The highest BCUT2D eigenvalue weighted by Gasteiger charge is 2.36. The maximum Gasteiger partial charge on any atom is 0.414 e. The fourth-order valence-corrected chi connectivity index (χ4v) is 2.13. The normalized spacial score (nSPS) is 14.7. The molecule has 1 rings (SSSR count). The smallest absolute Gasteiger partial charge is 0.364 e. The molecule has 0 radical (unpaired) electrons.